The number of aliphatic hydroxyl groups excluding tert-OH is 1. The quantitative estimate of drug-likeness (QED) is 0.842. The van der Waals surface area contributed by atoms with Crippen LogP contribution in [-0.2, 0) is 6.42 Å². The van der Waals surface area contributed by atoms with Crippen LogP contribution in [0.15, 0.2) is 35.7 Å². The van der Waals surface area contributed by atoms with Gasteiger partial charge < -0.3 is 10.0 Å². The Morgan fingerprint density at radius 1 is 1.24 bits per heavy atom. The summed E-state index contributed by atoms with van der Waals surface area (Å²) in [6, 6.07) is 9.77. The molecule has 2 rings (SSSR count). The summed E-state index contributed by atoms with van der Waals surface area (Å²) in [5.74, 6) is 0.618. The lowest BCUT2D eigenvalue weighted by molar-refractivity contribution is 0.177. The lowest BCUT2D eigenvalue weighted by Gasteiger charge is -2.21. The molecule has 1 N–H and O–H groups in total. The SMILES string of the molecule is CCN(CC(C)C)c1nc(CC(O)c2ccccc2)cs1. The van der Waals surface area contributed by atoms with E-state index >= 15 is 0 Å². The van der Waals surface area contributed by atoms with Crippen LogP contribution in [0.3, 0.4) is 0 Å². The monoisotopic (exact) mass is 304 g/mol. The molecule has 21 heavy (non-hydrogen) atoms. The third-order valence-corrected chi connectivity index (χ3v) is 4.31. The molecule has 0 fully saturated rings. The van der Waals surface area contributed by atoms with Crippen LogP contribution in [0.4, 0.5) is 5.13 Å². The molecule has 1 aromatic carbocycles. The van der Waals surface area contributed by atoms with Gasteiger partial charge in [-0.05, 0) is 18.4 Å². The molecule has 0 aliphatic rings. The first-order valence-corrected chi connectivity index (χ1v) is 8.40. The molecule has 0 radical (unpaired) electrons. The van der Waals surface area contributed by atoms with Crippen molar-refractivity contribution in [2.45, 2.75) is 33.3 Å². The normalized spacial score (nSPS) is 12.6. The van der Waals surface area contributed by atoms with Crippen molar-refractivity contribution in [1.29, 1.82) is 0 Å². The van der Waals surface area contributed by atoms with Crippen LogP contribution in [0.1, 0.15) is 38.1 Å². The van der Waals surface area contributed by atoms with Crippen molar-refractivity contribution in [3.05, 3.63) is 47.0 Å². The van der Waals surface area contributed by atoms with Gasteiger partial charge in [0.25, 0.3) is 0 Å². The van der Waals surface area contributed by atoms with E-state index in [1.54, 1.807) is 11.3 Å². The smallest absolute Gasteiger partial charge is 0.185 e. The van der Waals surface area contributed by atoms with Gasteiger partial charge in [0, 0.05) is 24.9 Å². The first kappa shape index (κ1) is 16.0. The number of aromatic nitrogens is 1. The van der Waals surface area contributed by atoms with Gasteiger partial charge in [-0.25, -0.2) is 4.98 Å². The molecule has 1 heterocycles. The summed E-state index contributed by atoms with van der Waals surface area (Å²) in [5, 5.41) is 13.4. The van der Waals surface area contributed by atoms with Crippen LogP contribution in [-0.4, -0.2) is 23.2 Å². The molecule has 0 saturated carbocycles. The second-order valence-electron chi connectivity index (χ2n) is 5.68. The summed E-state index contributed by atoms with van der Waals surface area (Å²) in [6.07, 6.45) is 0.0843. The topological polar surface area (TPSA) is 36.4 Å². The minimum atomic E-state index is -0.485. The van der Waals surface area contributed by atoms with Gasteiger partial charge in [-0.3, -0.25) is 0 Å². The largest absolute Gasteiger partial charge is 0.388 e. The fourth-order valence-corrected chi connectivity index (χ4v) is 3.22. The van der Waals surface area contributed by atoms with Gasteiger partial charge in [0.1, 0.15) is 0 Å². The Balaban J connectivity index is 2.02. The second-order valence-corrected chi connectivity index (χ2v) is 6.52. The summed E-state index contributed by atoms with van der Waals surface area (Å²) < 4.78 is 0. The maximum atomic E-state index is 10.3. The Morgan fingerprint density at radius 3 is 2.57 bits per heavy atom. The molecule has 0 aliphatic carbocycles. The van der Waals surface area contributed by atoms with E-state index in [0.29, 0.717) is 12.3 Å². The van der Waals surface area contributed by atoms with Gasteiger partial charge in [0.15, 0.2) is 5.13 Å². The van der Waals surface area contributed by atoms with Gasteiger partial charge in [0.2, 0.25) is 0 Å². The average Bonchev–Trinajstić information content (AvgIpc) is 2.93. The standard InChI is InChI=1S/C17H24N2OS/c1-4-19(11-13(2)3)17-18-15(12-21-17)10-16(20)14-8-6-5-7-9-14/h5-9,12-13,16,20H,4,10-11H2,1-3H3. The molecule has 0 bridgehead atoms. The summed E-state index contributed by atoms with van der Waals surface area (Å²) in [7, 11) is 0. The first-order chi connectivity index (χ1) is 10.1. The minimum Gasteiger partial charge on any atom is -0.388 e. The van der Waals surface area contributed by atoms with Crippen LogP contribution in [0.5, 0.6) is 0 Å². The number of thiazole rings is 1. The Labute approximate surface area is 131 Å². The molecule has 1 atom stereocenters. The second kappa shape index (κ2) is 7.57. The van der Waals surface area contributed by atoms with E-state index in [-0.39, 0.29) is 0 Å². The summed E-state index contributed by atoms with van der Waals surface area (Å²) in [5.41, 5.74) is 1.91. The van der Waals surface area contributed by atoms with Crippen molar-refractivity contribution in [1.82, 2.24) is 4.98 Å². The molecule has 0 aliphatic heterocycles. The molecule has 1 aromatic heterocycles. The number of benzene rings is 1. The van der Waals surface area contributed by atoms with Crippen molar-refractivity contribution >= 4 is 16.5 Å². The molecule has 4 heteroatoms. The zero-order chi connectivity index (χ0) is 15.2. The number of aliphatic hydroxyl groups is 1. The maximum absolute atomic E-state index is 10.3. The van der Waals surface area contributed by atoms with E-state index in [1.165, 1.54) is 0 Å². The highest BCUT2D eigenvalue weighted by Crippen LogP contribution is 2.25. The zero-order valence-electron chi connectivity index (χ0n) is 13.0. The van der Waals surface area contributed by atoms with E-state index in [0.717, 1.165) is 29.5 Å². The van der Waals surface area contributed by atoms with Crippen LogP contribution >= 0.6 is 11.3 Å². The first-order valence-electron chi connectivity index (χ1n) is 7.52. The van der Waals surface area contributed by atoms with Crippen LogP contribution < -0.4 is 4.90 Å². The van der Waals surface area contributed by atoms with Gasteiger partial charge in [-0.1, -0.05) is 44.2 Å². The van der Waals surface area contributed by atoms with Crippen LogP contribution in [0.2, 0.25) is 0 Å². The molecule has 2 aromatic rings. The van der Waals surface area contributed by atoms with Gasteiger partial charge in [-0.2, -0.15) is 0 Å². The number of anilines is 1. The van der Waals surface area contributed by atoms with E-state index in [1.807, 2.05) is 30.3 Å². The Bertz CT molecular complexity index is 539. The number of hydrogen-bond acceptors (Lipinski definition) is 4. The lowest BCUT2D eigenvalue weighted by atomic mass is 10.1. The van der Waals surface area contributed by atoms with Crippen molar-refractivity contribution in [2.24, 2.45) is 5.92 Å². The fourth-order valence-electron chi connectivity index (χ4n) is 2.31. The number of rotatable bonds is 7. The average molecular weight is 304 g/mol. The predicted octanol–water partition coefficient (Wildman–Crippen LogP) is 3.90. The third-order valence-electron chi connectivity index (χ3n) is 3.36. The van der Waals surface area contributed by atoms with E-state index in [9.17, 15) is 5.11 Å². The number of hydrogen-bond donors (Lipinski definition) is 1. The summed E-state index contributed by atoms with van der Waals surface area (Å²) >= 11 is 1.67. The summed E-state index contributed by atoms with van der Waals surface area (Å²) in [6.45, 7) is 8.58. The van der Waals surface area contributed by atoms with Gasteiger partial charge >= 0.3 is 0 Å². The summed E-state index contributed by atoms with van der Waals surface area (Å²) in [4.78, 5) is 6.98. The van der Waals surface area contributed by atoms with Gasteiger partial charge in [0.05, 0.1) is 11.8 Å². The molecule has 114 valence electrons. The molecule has 0 spiro atoms. The molecule has 1 unspecified atom stereocenters. The van der Waals surface area contributed by atoms with Crippen LogP contribution in [0.25, 0.3) is 0 Å². The third kappa shape index (κ3) is 4.55. The van der Waals surface area contributed by atoms with E-state index in [2.05, 4.69) is 36.0 Å². The molecular formula is C17H24N2OS. The fraction of sp³-hybridized carbons (Fsp3) is 0.471. The highest BCUT2D eigenvalue weighted by Gasteiger charge is 2.14. The Kier molecular flexibility index (Phi) is 5.76. The van der Waals surface area contributed by atoms with Crippen molar-refractivity contribution in [2.75, 3.05) is 18.0 Å². The molecular weight excluding hydrogens is 280 g/mol. The Hall–Kier alpha value is -1.39. The van der Waals surface area contributed by atoms with E-state index in [4.69, 9.17) is 0 Å². The van der Waals surface area contributed by atoms with Gasteiger partial charge in [-0.15, -0.1) is 11.3 Å². The van der Waals surface area contributed by atoms with Crippen molar-refractivity contribution < 1.29 is 5.11 Å². The maximum Gasteiger partial charge on any atom is 0.185 e. The van der Waals surface area contributed by atoms with E-state index < -0.39 is 6.10 Å². The lowest BCUT2D eigenvalue weighted by Crippen LogP contribution is -2.27. The highest BCUT2D eigenvalue weighted by atomic mass is 32.1. The Morgan fingerprint density at radius 2 is 1.95 bits per heavy atom. The molecule has 3 nitrogen and oxygen atoms in total. The highest BCUT2D eigenvalue weighted by molar-refractivity contribution is 7.13. The van der Waals surface area contributed by atoms with Crippen molar-refractivity contribution in [3.63, 3.8) is 0 Å². The van der Waals surface area contributed by atoms with Crippen molar-refractivity contribution in [3.8, 4) is 0 Å². The number of nitrogens with zero attached hydrogens (tertiary/aromatic N) is 2. The molecule has 0 amide bonds. The molecule has 0 saturated heterocycles. The van der Waals surface area contributed by atoms with Crippen LogP contribution in [0, 0.1) is 5.92 Å². The zero-order valence-corrected chi connectivity index (χ0v) is 13.8. The predicted molar refractivity (Wildman–Crippen MR) is 89.9 cm³/mol. The minimum absolute atomic E-state index is 0.485.